The number of hydrogen-bond donors (Lipinski definition) is 0. The van der Waals surface area contributed by atoms with Crippen LogP contribution in [0.1, 0.15) is 278 Å². The molecule has 73 heavy (non-hydrogen) atoms. The van der Waals surface area contributed by atoms with Crippen molar-refractivity contribution < 1.29 is 28.6 Å². The van der Waals surface area contributed by atoms with E-state index in [1.165, 1.54) is 103 Å². The van der Waals surface area contributed by atoms with Gasteiger partial charge in [0.25, 0.3) is 0 Å². The zero-order valence-electron chi connectivity index (χ0n) is 47.6. The van der Waals surface area contributed by atoms with Crippen molar-refractivity contribution in [3.05, 3.63) is 109 Å². The normalized spacial score (nSPS) is 12.9. The van der Waals surface area contributed by atoms with Crippen LogP contribution < -0.4 is 0 Å². The highest BCUT2D eigenvalue weighted by molar-refractivity contribution is 5.71. The molecule has 0 fully saturated rings. The van der Waals surface area contributed by atoms with Crippen LogP contribution in [0.2, 0.25) is 0 Å². The summed E-state index contributed by atoms with van der Waals surface area (Å²) in [6.07, 6.45) is 82.4. The Morgan fingerprint density at radius 3 is 0.904 bits per heavy atom. The Morgan fingerprint density at radius 1 is 0.288 bits per heavy atom. The summed E-state index contributed by atoms with van der Waals surface area (Å²) in [5.74, 6) is -0.910. The van der Waals surface area contributed by atoms with Crippen LogP contribution in [0.15, 0.2) is 109 Å². The standard InChI is InChI=1S/C67H112O6/c1-4-7-10-13-16-19-22-24-26-27-28-29-30-31-32-33-34-35-36-37-38-39-40-41-42-44-45-48-51-54-57-60-66(69)72-63-64(62-71-65(68)59-56-53-50-47-21-18-15-12-9-6-3)73-67(70)61-58-55-52-49-46-43-25-23-20-17-14-11-8-5-2/h7,10,12,15-16,19,23-26,28-29,31-32,34-35,37-38,64H,4-6,8-9,11,13-14,17-18,20-22,27,30,33,36,39-63H2,1-3H3/b10-7-,15-12-,19-16-,25-23-,26-24-,29-28-,32-31-,35-34-,38-37-. The average Bonchev–Trinajstić information content (AvgIpc) is 3.39. The van der Waals surface area contributed by atoms with Crippen molar-refractivity contribution in [2.45, 2.75) is 284 Å². The van der Waals surface area contributed by atoms with Gasteiger partial charge in [0.1, 0.15) is 13.2 Å². The molecule has 0 saturated heterocycles. The van der Waals surface area contributed by atoms with Gasteiger partial charge in [0.2, 0.25) is 0 Å². The molecule has 0 aliphatic carbocycles. The molecule has 0 aliphatic heterocycles. The quantitative estimate of drug-likeness (QED) is 0.0261. The highest BCUT2D eigenvalue weighted by Crippen LogP contribution is 2.15. The van der Waals surface area contributed by atoms with Gasteiger partial charge in [-0.3, -0.25) is 14.4 Å². The number of ether oxygens (including phenoxy) is 3. The van der Waals surface area contributed by atoms with Crippen molar-refractivity contribution in [2.24, 2.45) is 0 Å². The Hall–Kier alpha value is -3.93. The molecule has 0 aromatic rings. The second-order valence-electron chi connectivity index (χ2n) is 19.9. The van der Waals surface area contributed by atoms with Crippen molar-refractivity contribution in [2.75, 3.05) is 13.2 Å². The topological polar surface area (TPSA) is 78.9 Å². The number of carbonyl (C=O) groups is 3. The summed E-state index contributed by atoms with van der Waals surface area (Å²) >= 11 is 0. The number of allylic oxidation sites excluding steroid dienone is 18. The summed E-state index contributed by atoms with van der Waals surface area (Å²) in [4.78, 5) is 38.1. The third kappa shape index (κ3) is 58.8. The summed E-state index contributed by atoms with van der Waals surface area (Å²) < 4.78 is 16.8. The van der Waals surface area contributed by atoms with E-state index < -0.39 is 6.10 Å². The van der Waals surface area contributed by atoms with Gasteiger partial charge in [-0.05, 0) is 122 Å². The van der Waals surface area contributed by atoms with Gasteiger partial charge in [0, 0.05) is 19.3 Å². The van der Waals surface area contributed by atoms with Gasteiger partial charge >= 0.3 is 17.9 Å². The summed E-state index contributed by atoms with van der Waals surface area (Å²) in [5, 5.41) is 0. The van der Waals surface area contributed by atoms with Crippen LogP contribution in [0.3, 0.4) is 0 Å². The van der Waals surface area contributed by atoms with Crippen LogP contribution in [-0.4, -0.2) is 37.2 Å². The van der Waals surface area contributed by atoms with E-state index in [0.29, 0.717) is 19.3 Å². The van der Waals surface area contributed by atoms with Gasteiger partial charge < -0.3 is 14.2 Å². The monoisotopic (exact) mass is 1010 g/mol. The molecule has 1 atom stereocenters. The molecule has 6 nitrogen and oxygen atoms in total. The van der Waals surface area contributed by atoms with E-state index >= 15 is 0 Å². The fourth-order valence-electron chi connectivity index (χ4n) is 8.18. The van der Waals surface area contributed by atoms with Crippen molar-refractivity contribution in [1.29, 1.82) is 0 Å². The number of hydrogen-bond acceptors (Lipinski definition) is 6. The number of rotatable bonds is 54. The van der Waals surface area contributed by atoms with E-state index in [9.17, 15) is 14.4 Å². The highest BCUT2D eigenvalue weighted by atomic mass is 16.6. The highest BCUT2D eigenvalue weighted by Gasteiger charge is 2.19. The maximum Gasteiger partial charge on any atom is 0.306 e. The molecule has 0 aromatic carbocycles. The molecule has 0 amide bonds. The number of esters is 3. The molecule has 0 aromatic heterocycles. The minimum atomic E-state index is -0.788. The van der Waals surface area contributed by atoms with E-state index in [4.69, 9.17) is 14.2 Å². The van der Waals surface area contributed by atoms with Crippen molar-refractivity contribution in [3.63, 3.8) is 0 Å². The van der Waals surface area contributed by atoms with Gasteiger partial charge in [-0.25, -0.2) is 0 Å². The maximum absolute atomic E-state index is 12.8. The molecule has 6 heteroatoms. The SMILES string of the molecule is CC/C=C\C/C=C\C/C=C\C/C=C\C/C=C\C/C=C\C/C=C\CCCCCCCCCCCC(=O)OCC(COC(=O)CCCCCCC/C=C\CCC)OC(=O)CCCCCCC/C=C\CCCCCCC. The lowest BCUT2D eigenvalue weighted by molar-refractivity contribution is -0.167. The number of carbonyl (C=O) groups excluding carboxylic acids is 3. The second kappa shape index (κ2) is 60.6. The fourth-order valence-corrected chi connectivity index (χ4v) is 8.18. The first kappa shape index (κ1) is 69.1. The summed E-state index contributed by atoms with van der Waals surface area (Å²) in [6.45, 7) is 6.44. The third-order valence-corrected chi connectivity index (χ3v) is 12.7. The molecule has 0 aliphatic rings. The molecule has 0 N–H and O–H groups in total. The Labute approximate surface area is 450 Å². The summed E-state index contributed by atoms with van der Waals surface area (Å²) in [7, 11) is 0. The second-order valence-corrected chi connectivity index (χ2v) is 19.9. The third-order valence-electron chi connectivity index (χ3n) is 12.7. The zero-order chi connectivity index (χ0) is 52.9. The van der Waals surface area contributed by atoms with E-state index in [0.717, 1.165) is 135 Å². The van der Waals surface area contributed by atoms with E-state index in [-0.39, 0.29) is 31.1 Å². The number of unbranched alkanes of at least 4 members (excludes halogenated alkanes) is 25. The van der Waals surface area contributed by atoms with Gasteiger partial charge in [0.15, 0.2) is 6.10 Å². The molecule has 0 rings (SSSR count). The predicted octanol–water partition coefficient (Wildman–Crippen LogP) is 20.7. The maximum atomic E-state index is 12.8. The van der Waals surface area contributed by atoms with E-state index in [2.05, 4.69) is 130 Å². The van der Waals surface area contributed by atoms with Crippen LogP contribution in [-0.2, 0) is 28.6 Å². The van der Waals surface area contributed by atoms with Crippen LogP contribution in [0.4, 0.5) is 0 Å². The molecule has 0 radical (unpaired) electrons. The van der Waals surface area contributed by atoms with Gasteiger partial charge in [-0.15, -0.1) is 0 Å². The summed E-state index contributed by atoms with van der Waals surface area (Å²) in [5.41, 5.74) is 0. The molecule has 0 saturated carbocycles. The average molecular weight is 1010 g/mol. The molecular formula is C67H112O6. The van der Waals surface area contributed by atoms with Crippen LogP contribution in [0.25, 0.3) is 0 Å². The van der Waals surface area contributed by atoms with Crippen LogP contribution in [0, 0.1) is 0 Å². The van der Waals surface area contributed by atoms with Gasteiger partial charge in [-0.1, -0.05) is 246 Å². The molecule has 1 unspecified atom stereocenters. The van der Waals surface area contributed by atoms with E-state index in [1.54, 1.807) is 0 Å². The van der Waals surface area contributed by atoms with Crippen molar-refractivity contribution in [3.8, 4) is 0 Å². The lowest BCUT2D eigenvalue weighted by Gasteiger charge is -2.18. The van der Waals surface area contributed by atoms with Gasteiger partial charge in [-0.2, -0.15) is 0 Å². The zero-order valence-corrected chi connectivity index (χ0v) is 47.6. The predicted molar refractivity (Wildman–Crippen MR) is 316 cm³/mol. The molecular weight excluding hydrogens is 901 g/mol. The smallest absolute Gasteiger partial charge is 0.306 e. The Balaban J connectivity index is 4.21. The Morgan fingerprint density at radius 2 is 0.562 bits per heavy atom. The Kier molecular flexibility index (Phi) is 57.4. The fraction of sp³-hybridized carbons (Fsp3) is 0.687. The molecule has 0 bridgehead atoms. The van der Waals surface area contributed by atoms with Crippen molar-refractivity contribution >= 4 is 17.9 Å². The lowest BCUT2D eigenvalue weighted by Crippen LogP contribution is -2.30. The minimum absolute atomic E-state index is 0.0872. The van der Waals surface area contributed by atoms with Crippen molar-refractivity contribution in [1.82, 2.24) is 0 Å². The first-order valence-electron chi connectivity index (χ1n) is 30.4. The van der Waals surface area contributed by atoms with E-state index in [1.807, 2.05) is 0 Å². The van der Waals surface area contributed by atoms with Crippen LogP contribution >= 0.6 is 0 Å². The molecule has 0 spiro atoms. The lowest BCUT2D eigenvalue weighted by atomic mass is 10.1. The van der Waals surface area contributed by atoms with Gasteiger partial charge in [0.05, 0.1) is 0 Å². The molecule has 0 heterocycles. The summed E-state index contributed by atoms with van der Waals surface area (Å²) in [6, 6.07) is 0. The Bertz CT molecular complexity index is 1490. The minimum Gasteiger partial charge on any atom is -0.462 e. The first-order valence-corrected chi connectivity index (χ1v) is 30.4. The van der Waals surface area contributed by atoms with Crippen LogP contribution in [0.5, 0.6) is 0 Å². The largest absolute Gasteiger partial charge is 0.462 e. The first-order chi connectivity index (χ1) is 36.0. The molecule has 416 valence electrons.